The van der Waals surface area contributed by atoms with Gasteiger partial charge in [-0.3, -0.25) is 14.5 Å². The van der Waals surface area contributed by atoms with Gasteiger partial charge in [0.15, 0.2) is 0 Å². The molecule has 2 aromatic carbocycles. The van der Waals surface area contributed by atoms with E-state index >= 15 is 0 Å². The minimum absolute atomic E-state index is 0.102. The van der Waals surface area contributed by atoms with Gasteiger partial charge in [-0.2, -0.15) is 0 Å². The maximum Gasteiger partial charge on any atom is 0.336 e. The van der Waals surface area contributed by atoms with Crippen LogP contribution in [-0.4, -0.2) is 27.9 Å². The van der Waals surface area contributed by atoms with Crippen LogP contribution in [0.2, 0.25) is 5.02 Å². The average molecular weight is 564 g/mol. The van der Waals surface area contributed by atoms with Crippen molar-refractivity contribution in [2.75, 3.05) is 4.90 Å². The molecule has 6 unspecified atom stereocenters. The van der Waals surface area contributed by atoms with E-state index < -0.39 is 5.97 Å². The molecule has 1 aromatic heterocycles. The average Bonchev–Trinajstić information content (AvgIpc) is 3.65. The van der Waals surface area contributed by atoms with Crippen LogP contribution in [0.3, 0.4) is 0 Å². The smallest absolute Gasteiger partial charge is 0.336 e. The van der Waals surface area contributed by atoms with E-state index in [0.29, 0.717) is 54.7 Å². The highest BCUT2D eigenvalue weighted by atomic mass is 79.9. The van der Waals surface area contributed by atoms with Crippen molar-refractivity contribution in [2.24, 2.45) is 35.5 Å². The summed E-state index contributed by atoms with van der Waals surface area (Å²) >= 11 is 9.77. The van der Waals surface area contributed by atoms with E-state index in [-0.39, 0.29) is 41.0 Å². The van der Waals surface area contributed by atoms with Gasteiger partial charge in [-0.15, -0.1) is 0 Å². The number of carbonyl (C=O) groups excluding carboxylic acids is 2. The zero-order chi connectivity index (χ0) is 25.0. The number of fused-ring (bicyclic) bond motifs is 1. The van der Waals surface area contributed by atoms with Crippen LogP contribution in [0.4, 0.5) is 5.69 Å². The maximum atomic E-state index is 13.4. The maximum absolute atomic E-state index is 13.4. The molecule has 2 saturated carbocycles. The number of aryl methyl sites for hydroxylation is 1. The van der Waals surface area contributed by atoms with Crippen molar-refractivity contribution in [1.82, 2.24) is 4.98 Å². The molecule has 3 aromatic rings. The number of rotatable bonds is 3. The third-order valence-corrected chi connectivity index (χ3v) is 9.88. The second kappa shape index (κ2) is 7.49. The molecular formula is C28H20BrClN2O4. The number of pyridine rings is 1. The molecule has 6 atom stereocenters. The lowest BCUT2D eigenvalue weighted by Gasteiger charge is -2.37. The first-order valence-electron chi connectivity index (χ1n) is 12.0. The predicted molar refractivity (Wildman–Crippen MR) is 139 cm³/mol. The molecular weight excluding hydrogens is 544 g/mol. The van der Waals surface area contributed by atoms with Gasteiger partial charge >= 0.3 is 5.97 Å². The molecule has 8 rings (SSSR count). The summed E-state index contributed by atoms with van der Waals surface area (Å²) in [6.45, 7) is 1.80. The van der Waals surface area contributed by atoms with Gasteiger partial charge in [-0.25, -0.2) is 9.78 Å². The number of carboxylic acid groups (broad SMARTS) is 1. The molecule has 2 heterocycles. The van der Waals surface area contributed by atoms with Crippen LogP contribution < -0.4 is 4.90 Å². The largest absolute Gasteiger partial charge is 0.478 e. The Morgan fingerprint density at radius 3 is 2.25 bits per heavy atom. The SMILES string of the molecule is Cc1c(Cl)c(Br)cc2c(C(=O)O)cc(-c3ccc(N4C(=O)C5C6C=CC(C7CC67)C5C4=O)cc3)nc12. The molecule has 8 heteroatoms. The van der Waals surface area contributed by atoms with Gasteiger partial charge in [0, 0.05) is 15.4 Å². The van der Waals surface area contributed by atoms with Crippen molar-refractivity contribution in [3.8, 4) is 11.3 Å². The van der Waals surface area contributed by atoms with Crippen molar-refractivity contribution in [2.45, 2.75) is 13.3 Å². The van der Waals surface area contributed by atoms with Crippen molar-refractivity contribution in [3.63, 3.8) is 0 Å². The zero-order valence-corrected chi connectivity index (χ0v) is 21.5. The second-order valence-corrected chi connectivity index (χ2v) is 11.5. The normalized spacial score (nSPS) is 29.6. The molecule has 5 aliphatic rings. The summed E-state index contributed by atoms with van der Waals surface area (Å²) in [4.78, 5) is 44.9. The first-order valence-corrected chi connectivity index (χ1v) is 13.1. The number of carbonyl (C=O) groups is 3. The Morgan fingerprint density at radius 1 is 1.06 bits per heavy atom. The van der Waals surface area contributed by atoms with E-state index in [1.165, 1.54) is 11.0 Å². The number of aromatic carboxylic acids is 1. The molecule has 1 aliphatic heterocycles. The number of hydrogen-bond donors (Lipinski definition) is 1. The number of halogens is 2. The van der Waals surface area contributed by atoms with Gasteiger partial charge in [0.1, 0.15) is 0 Å². The number of amides is 2. The second-order valence-electron chi connectivity index (χ2n) is 10.3. The van der Waals surface area contributed by atoms with Crippen LogP contribution in [0.15, 0.2) is 53.0 Å². The van der Waals surface area contributed by atoms with Crippen molar-refractivity contribution >= 4 is 61.9 Å². The molecule has 1 saturated heterocycles. The van der Waals surface area contributed by atoms with E-state index in [2.05, 4.69) is 28.1 Å². The third-order valence-electron chi connectivity index (χ3n) is 8.54. The number of anilines is 1. The predicted octanol–water partition coefficient (Wildman–Crippen LogP) is 5.88. The van der Waals surface area contributed by atoms with Crippen molar-refractivity contribution in [1.29, 1.82) is 0 Å². The van der Waals surface area contributed by atoms with E-state index in [9.17, 15) is 19.5 Å². The summed E-state index contributed by atoms with van der Waals surface area (Å²) in [6.07, 6.45) is 5.45. The summed E-state index contributed by atoms with van der Waals surface area (Å²) in [5, 5.41) is 10.8. The van der Waals surface area contributed by atoms with Gasteiger partial charge in [0.05, 0.1) is 39.3 Å². The summed E-state index contributed by atoms with van der Waals surface area (Å²) in [7, 11) is 0. The Kier molecular flexibility index (Phi) is 4.62. The van der Waals surface area contributed by atoms with Gasteiger partial charge < -0.3 is 5.11 Å². The summed E-state index contributed by atoms with van der Waals surface area (Å²) in [5.74, 6) is -0.294. The van der Waals surface area contributed by atoms with E-state index in [1.54, 1.807) is 37.3 Å². The molecule has 0 spiro atoms. The van der Waals surface area contributed by atoms with E-state index in [0.717, 1.165) is 6.42 Å². The van der Waals surface area contributed by atoms with E-state index in [1.807, 2.05) is 0 Å². The fourth-order valence-corrected chi connectivity index (χ4v) is 7.45. The highest BCUT2D eigenvalue weighted by molar-refractivity contribution is 9.10. The molecule has 1 N–H and O–H groups in total. The Labute approximate surface area is 220 Å². The standard InChI is InChI=1S/C28H20BrClN2O4/c1-11-24(30)20(29)9-18-19(28(35)36)10-21(31-25(11)18)12-2-4-13(5-3-12)32-26(33)22-14-6-7-15(17-8-16(14)17)23(22)27(32)34/h2-7,9-10,14-17,22-23H,8H2,1H3,(H,35,36). The third kappa shape index (κ3) is 2.90. The Balaban J connectivity index is 1.26. The minimum Gasteiger partial charge on any atom is -0.478 e. The molecule has 3 fully saturated rings. The molecule has 6 nitrogen and oxygen atoms in total. The Hall–Kier alpha value is -3.03. The first-order chi connectivity index (χ1) is 17.3. The molecule has 2 bridgehead atoms. The fourth-order valence-electron chi connectivity index (χ4n) is 6.78. The lowest BCUT2D eigenvalue weighted by atomic mass is 9.63. The quantitative estimate of drug-likeness (QED) is 0.318. The van der Waals surface area contributed by atoms with Crippen LogP contribution in [0.25, 0.3) is 22.2 Å². The van der Waals surface area contributed by atoms with Gasteiger partial charge in [-0.05, 0) is 82.8 Å². The lowest BCUT2D eigenvalue weighted by Crippen LogP contribution is -2.40. The Bertz CT molecular complexity index is 1530. The molecule has 180 valence electrons. The summed E-state index contributed by atoms with van der Waals surface area (Å²) in [5.41, 5.74) is 3.01. The molecule has 0 radical (unpaired) electrons. The van der Waals surface area contributed by atoms with Gasteiger partial charge in [0.2, 0.25) is 11.8 Å². The van der Waals surface area contributed by atoms with Gasteiger partial charge in [-0.1, -0.05) is 35.9 Å². The number of nitrogens with zero attached hydrogens (tertiary/aromatic N) is 2. The highest BCUT2D eigenvalue weighted by Gasteiger charge is 2.67. The highest BCUT2D eigenvalue weighted by Crippen LogP contribution is 2.65. The molecule has 4 aliphatic carbocycles. The van der Waals surface area contributed by atoms with Crippen LogP contribution in [-0.2, 0) is 9.59 Å². The monoisotopic (exact) mass is 562 g/mol. The van der Waals surface area contributed by atoms with E-state index in [4.69, 9.17) is 16.6 Å². The number of hydrogen-bond acceptors (Lipinski definition) is 4. The van der Waals surface area contributed by atoms with Crippen LogP contribution in [0, 0.1) is 42.4 Å². The van der Waals surface area contributed by atoms with Gasteiger partial charge in [0.25, 0.3) is 0 Å². The molecule has 2 amide bonds. The fraction of sp³-hybridized carbons (Fsp3) is 0.286. The summed E-state index contributed by atoms with van der Waals surface area (Å²) < 4.78 is 0.608. The van der Waals surface area contributed by atoms with Crippen molar-refractivity contribution in [3.05, 3.63) is 69.2 Å². The van der Waals surface area contributed by atoms with Crippen molar-refractivity contribution < 1.29 is 19.5 Å². The molecule has 36 heavy (non-hydrogen) atoms. The summed E-state index contributed by atoms with van der Waals surface area (Å²) in [6, 6.07) is 10.2. The zero-order valence-electron chi connectivity index (χ0n) is 19.1. The number of benzene rings is 2. The minimum atomic E-state index is -1.06. The number of carboxylic acids is 1. The first kappa shape index (κ1) is 22.2. The number of allylic oxidation sites excluding steroid dienone is 2. The Morgan fingerprint density at radius 2 is 1.67 bits per heavy atom. The van der Waals surface area contributed by atoms with Crippen LogP contribution >= 0.6 is 27.5 Å². The number of aromatic nitrogens is 1. The lowest BCUT2D eigenvalue weighted by molar-refractivity contribution is -0.124. The van der Waals surface area contributed by atoms with Crippen LogP contribution in [0.1, 0.15) is 22.3 Å². The topological polar surface area (TPSA) is 87.6 Å². The van der Waals surface area contributed by atoms with Crippen LogP contribution in [0.5, 0.6) is 0 Å². The number of imide groups is 1.